The van der Waals surface area contributed by atoms with E-state index >= 15 is 0 Å². The van der Waals surface area contributed by atoms with Crippen molar-refractivity contribution in [1.29, 1.82) is 0 Å². The lowest BCUT2D eigenvalue weighted by Gasteiger charge is -2.04. The Kier molecular flexibility index (Phi) is 3.81. The van der Waals surface area contributed by atoms with Gasteiger partial charge in [-0.1, -0.05) is 15.9 Å². The Hall–Kier alpha value is -0.480. The van der Waals surface area contributed by atoms with Crippen molar-refractivity contribution in [2.24, 2.45) is 0 Å². The lowest BCUT2D eigenvalue weighted by Crippen LogP contribution is -2.01. The van der Waals surface area contributed by atoms with Crippen molar-refractivity contribution in [3.8, 4) is 0 Å². The number of benzene rings is 1. The van der Waals surface area contributed by atoms with Gasteiger partial charge >= 0.3 is 5.97 Å². The van der Waals surface area contributed by atoms with Crippen LogP contribution in [0.2, 0.25) is 0 Å². The number of carbonyl (C=O) groups is 1. The van der Waals surface area contributed by atoms with Crippen LogP contribution in [0, 0.1) is 0 Å². The number of rotatable bonds is 3. The molecule has 70 valence electrons. The van der Waals surface area contributed by atoms with E-state index in [0.717, 1.165) is 14.9 Å². The molecule has 0 aliphatic heterocycles. The zero-order valence-corrected chi connectivity index (χ0v) is 9.48. The van der Waals surface area contributed by atoms with E-state index in [1.165, 1.54) is 0 Å². The van der Waals surface area contributed by atoms with Crippen molar-refractivity contribution in [2.45, 2.75) is 11.3 Å². The molecular formula is C9H9BrO2S. The minimum atomic E-state index is -0.798. The quantitative estimate of drug-likeness (QED) is 0.850. The Morgan fingerprint density at radius 3 is 2.85 bits per heavy atom. The molecular weight excluding hydrogens is 252 g/mol. The predicted octanol–water partition coefficient (Wildman–Crippen LogP) is 2.80. The first-order valence-corrected chi connectivity index (χ1v) is 5.69. The molecule has 0 spiro atoms. The van der Waals surface area contributed by atoms with E-state index in [1.807, 2.05) is 24.5 Å². The largest absolute Gasteiger partial charge is 0.481 e. The Morgan fingerprint density at radius 1 is 1.62 bits per heavy atom. The molecule has 0 unspecified atom stereocenters. The van der Waals surface area contributed by atoms with Crippen LogP contribution in [-0.4, -0.2) is 17.3 Å². The zero-order chi connectivity index (χ0) is 9.84. The molecule has 0 fully saturated rings. The van der Waals surface area contributed by atoms with Gasteiger partial charge in [0, 0.05) is 9.37 Å². The van der Waals surface area contributed by atoms with Gasteiger partial charge in [0.05, 0.1) is 6.42 Å². The molecule has 13 heavy (non-hydrogen) atoms. The molecule has 0 aliphatic rings. The minimum absolute atomic E-state index is 0.0790. The van der Waals surface area contributed by atoms with Gasteiger partial charge in [0.25, 0.3) is 0 Å². The van der Waals surface area contributed by atoms with Gasteiger partial charge in [0.1, 0.15) is 0 Å². The Morgan fingerprint density at radius 2 is 2.31 bits per heavy atom. The van der Waals surface area contributed by atoms with E-state index in [4.69, 9.17) is 5.11 Å². The fourth-order valence-corrected chi connectivity index (χ4v) is 2.05. The highest BCUT2D eigenvalue weighted by Gasteiger charge is 2.06. The molecule has 0 heterocycles. The van der Waals surface area contributed by atoms with E-state index in [-0.39, 0.29) is 6.42 Å². The first-order chi connectivity index (χ1) is 6.13. The van der Waals surface area contributed by atoms with Crippen LogP contribution in [0.3, 0.4) is 0 Å². The fourth-order valence-electron chi connectivity index (χ4n) is 1.05. The summed E-state index contributed by atoms with van der Waals surface area (Å²) in [6, 6.07) is 5.68. The number of thioether (sulfide) groups is 1. The van der Waals surface area contributed by atoms with E-state index in [0.29, 0.717) is 0 Å². The van der Waals surface area contributed by atoms with Gasteiger partial charge < -0.3 is 5.11 Å². The maximum Gasteiger partial charge on any atom is 0.307 e. The van der Waals surface area contributed by atoms with Crippen LogP contribution in [0.5, 0.6) is 0 Å². The molecule has 2 nitrogen and oxygen atoms in total. The van der Waals surface area contributed by atoms with Gasteiger partial charge in [0.15, 0.2) is 0 Å². The molecule has 4 heteroatoms. The number of hydrogen-bond donors (Lipinski definition) is 1. The summed E-state index contributed by atoms with van der Waals surface area (Å²) in [5.41, 5.74) is 0.856. The summed E-state index contributed by atoms with van der Waals surface area (Å²) < 4.78 is 0.918. The standard InChI is InChI=1S/C9H9BrO2S/c1-13-8-3-2-7(10)4-6(8)5-9(11)12/h2-4H,5H2,1H3,(H,11,12). The first kappa shape index (κ1) is 10.6. The van der Waals surface area contributed by atoms with Gasteiger partial charge in [-0.15, -0.1) is 11.8 Å². The number of halogens is 1. The second kappa shape index (κ2) is 4.67. The summed E-state index contributed by atoms with van der Waals surface area (Å²) in [6.45, 7) is 0. The van der Waals surface area contributed by atoms with Gasteiger partial charge in [-0.3, -0.25) is 4.79 Å². The summed E-state index contributed by atoms with van der Waals surface area (Å²) in [5.74, 6) is -0.798. The Bertz CT molecular complexity index is 325. The minimum Gasteiger partial charge on any atom is -0.481 e. The number of aliphatic carboxylic acids is 1. The number of carboxylic acid groups (broad SMARTS) is 1. The molecule has 0 bridgehead atoms. The third-order valence-electron chi connectivity index (χ3n) is 1.58. The summed E-state index contributed by atoms with van der Waals surface area (Å²) in [5, 5.41) is 8.65. The maximum absolute atomic E-state index is 10.5. The van der Waals surface area contributed by atoms with Gasteiger partial charge in [-0.2, -0.15) is 0 Å². The average molecular weight is 261 g/mol. The van der Waals surface area contributed by atoms with Crippen LogP contribution in [0.15, 0.2) is 27.6 Å². The van der Waals surface area contributed by atoms with Gasteiger partial charge in [-0.25, -0.2) is 0 Å². The van der Waals surface area contributed by atoms with Crippen molar-refractivity contribution in [3.63, 3.8) is 0 Å². The highest BCUT2D eigenvalue weighted by Crippen LogP contribution is 2.24. The predicted molar refractivity (Wildman–Crippen MR) is 57.3 cm³/mol. The molecule has 0 radical (unpaired) electrons. The topological polar surface area (TPSA) is 37.3 Å². The summed E-state index contributed by atoms with van der Waals surface area (Å²) in [7, 11) is 0. The fraction of sp³-hybridized carbons (Fsp3) is 0.222. The first-order valence-electron chi connectivity index (χ1n) is 3.67. The SMILES string of the molecule is CSc1ccc(Br)cc1CC(=O)O. The molecule has 1 aromatic rings. The molecule has 1 rings (SSSR count). The lowest BCUT2D eigenvalue weighted by molar-refractivity contribution is -0.136. The van der Waals surface area contributed by atoms with Crippen LogP contribution < -0.4 is 0 Å². The smallest absolute Gasteiger partial charge is 0.307 e. The Labute approximate surface area is 89.5 Å². The molecule has 0 aromatic heterocycles. The van der Waals surface area contributed by atoms with Crippen LogP contribution in [0.1, 0.15) is 5.56 Å². The van der Waals surface area contributed by atoms with Crippen molar-refractivity contribution in [1.82, 2.24) is 0 Å². The van der Waals surface area contributed by atoms with Crippen LogP contribution in [0.25, 0.3) is 0 Å². The Balaban J connectivity index is 3.01. The number of hydrogen-bond acceptors (Lipinski definition) is 2. The highest BCUT2D eigenvalue weighted by molar-refractivity contribution is 9.10. The van der Waals surface area contributed by atoms with E-state index in [2.05, 4.69) is 15.9 Å². The van der Waals surface area contributed by atoms with Crippen LogP contribution in [0.4, 0.5) is 0 Å². The summed E-state index contributed by atoms with van der Waals surface area (Å²) >= 11 is 4.88. The maximum atomic E-state index is 10.5. The second-order valence-electron chi connectivity index (χ2n) is 2.53. The van der Waals surface area contributed by atoms with Crippen molar-refractivity contribution in [2.75, 3.05) is 6.26 Å². The second-order valence-corrected chi connectivity index (χ2v) is 4.29. The molecule has 0 aliphatic carbocycles. The highest BCUT2D eigenvalue weighted by atomic mass is 79.9. The number of carboxylic acids is 1. The molecule has 0 amide bonds. The lowest BCUT2D eigenvalue weighted by atomic mass is 10.1. The zero-order valence-electron chi connectivity index (χ0n) is 7.08. The molecule has 1 N–H and O–H groups in total. The van der Waals surface area contributed by atoms with Crippen molar-refractivity contribution >= 4 is 33.7 Å². The monoisotopic (exact) mass is 260 g/mol. The average Bonchev–Trinajstić information content (AvgIpc) is 2.03. The molecule has 0 saturated carbocycles. The van der Waals surface area contributed by atoms with Crippen molar-refractivity contribution < 1.29 is 9.90 Å². The van der Waals surface area contributed by atoms with Crippen LogP contribution in [-0.2, 0) is 11.2 Å². The normalized spacial score (nSPS) is 10.0. The summed E-state index contributed by atoms with van der Waals surface area (Å²) in [4.78, 5) is 11.5. The van der Waals surface area contributed by atoms with Gasteiger partial charge in [0.2, 0.25) is 0 Å². The van der Waals surface area contributed by atoms with Crippen LogP contribution >= 0.6 is 27.7 Å². The van der Waals surface area contributed by atoms with E-state index in [1.54, 1.807) is 11.8 Å². The van der Waals surface area contributed by atoms with Crippen molar-refractivity contribution in [3.05, 3.63) is 28.2 Å². The molecule has 0 saturated heterocycles. The third kappa shape index (κ3) is 3.04. The van der Waals surface area contributed by atoms with E-state index in [9.17, 15) is 4.79 Å². The molecule has 1 aromatic carbocycles. The van der Waals surface area contributed by atoms with Gasteiger partial charge in [-0.05, 0) is 30.0 Å². The molecule has 0 atom stereocenters. The van der Waals surface area contributed by atoms with E-state index < -0.39 is 5.97 Å². The third-order valence-corrected chi connectivity index (χ3v) is 2.92. The summed E-state index contributed by atoms with van der Waals surface area (Å²) in [6.07, 6.45) is 2.02.